The van der Waals surface area contributed by atoms with Gasteiger partial charge in [0.2, 0.25) is 0 Å². The van der Waals surface area contributed by atoms with Crippen molar-refractivity contribution >= 4 is 0 Å². The zero-order valence-electron chi connectivity index (χ0n) is 7.50. The van der Waals surface area contributed by atoms with E-state index in [-0.39, 0.29) is 0 Å². The third-order valence-corrected chi connectivity index (χ3v) is 1.42. The summed E-state index contributed by atoms with van der Waals surface area (Å²) in [5, 5.41) is 0. The predicted molar refractivity (Wildman–Crippen MR) is 43.9 cm³/mol. The molecule has 0 heterocycles. The number of rotatable bonds is 2. The summed E-state index contributed by atoms with van der Waals surface area (Å²) in [6.45, 7) is 4.63. The van der Waals surface area contributed by atoms with E-state index in [0.717, 1.165) is 19.4 Å². The fourth-order valence-electron chi connectivity index (χ4n) is 0.804. The number of allylic oxidation sites excluding steroid dienone is 4. The van der Waals surface area contributed by atoms with Crippen molar-refractivity contribution in [3.05, 3.63) is 23.3 Å². The van der Waals surface area contributed by atoms with Crippen LogP contribution in [-0.2, 0) is 0 Å². The van der Waals surface area contributed by atoms with Gasteiger partial charge in [-0.1, -0.05) is 24.6 Å². The number of halogens is 3. The highest BCUT2D eigenvalue weighted by Crippen LogP contribution is 2.25. The molecule has 0 N–H and O–H groups in total. The molecule has 0 aliphatic carbocycles. The Bertz CT molecular complexity index is 196. The minimum absolute atomic E-state index is 0.551. The summed E-state index contributed by atoms with van der Waals surface area (Å²) in [5.41, 5.74) is 0.108. The highest BCUT2D eigenvalue weighted by atomic mass is 19.4. The van der Waals surface area contributed by atoms with Gasteiger partial charge in [0.05, 0.1) is 0 Å². The van der Waals surface area contributed by atoms with E-state index in [1.54, 1.807) is 13.0 Å². The van der Waals surface area contributed by atoms with Gasteiger partial charge in [0.1, 0.15) is 0 Å². The summed E-state index contributed by atoms with van der Waals surface area (Å²) in [7, 11) is 0. The molecule has 0 spiro atoms. The molecule has 0 saturated carbocycles. The van der Waals surface area contributed by atoms with Crippen LogP contribution in [0.1, 0.15) is 27.2 Å². The van der Waals surface area contributed by atoms with Gasteiger partial charge in [0.25, 0.3) is 0 Å². The Hall–Kier alpha value is -0.730. The van der Waals surface area contributed by atoms with Crippen molar-refractivity contribution in [1.29, 1.82) is 0 Å². The van der Waals surface area contributed by atoms with Crippen molar-refractivity contribution in [2.24, 2.45) is 0 Å². The van der Waals surface area contributed by atoms with Crippen molar-refractivity contribution in [1.82, 2.24) is 0 Å². The zero-order chi connectivity index (χ0) is 9.78. The molecule has 70 valence electrons. The SMILES string of the molecule is CC/C=C(C)\C=C(/C)C(F)(F)F. The molecule has 0 aliphatic rings. The summed E-state index contributed by atoms with van der Waals surface area (Å²) >= 11 is 0. The third kappa shape index (κ3) is 4.21. The van der Waals surface area contributed by atoms with Crippen LogP contribution in [0.2, 0.25) is 0 Å². The minimum Gasteiger partial charge on any atom is -0.166 e. The summed E-state index contributed by atoms with van der Waals surface area (Å²) < 4.78 is 35.9. The lowest BCUT2D eigenvalue weighted by Gasteiger charge is -2.05. The fourth-order valence-corrected chi connectivity index (χ4v) is 0.804. The van der Waals surface area contributed by atoms with Crippen LogP contribution < -0.4 is 0 Å². The first-order valence-electron chi connectivity index (χ1n) is 3.80. The molecule has 0 rings (SSSR count). The van der Waals surface area contributed by atoms with Gasteiger partial charge < -0.3 is 0 Å². The van der Waals surface area contributed by atoms with E-state index < -0.39 is 11.7 Å². The van der Waals surface area contributed by atoms with Crippen LogP contribution in [0, 0.1) is 0 Å². The van der Waals surface area contributed by atoms with Gasteiger partial charge >= 0.3 is 6.18 Å². The zero-order valence-corrected chi connectivity index (χ0v) is 7.50. The monoisotopic (exact) mass is 178 g/mol. The van der Waals surface area contributed by atoms with Gasteiger partial charge in [-0.05, 0) is 20.3 Å². The lowest BCUT2D eigenvalue weighted by Crippen LogP contribution is -2.08. The lowest BCUT2D eigenvalue weighted by atomic mass is 10.1. The van der Waals surface area contributed by atoms with Gasteiger partial charge in [-0.15, -0.1) is 0 Å². The molecular formula is C9H13F3. The molecule has 0 radical (unpaired) electrons. The molecular weight excluding hydrogens is 165 g/mol. The average Bonchev–Trinajstić information content (AvgIpc) is 1.85. The normalized spacial score (nSPS) is 15.2. The Kier molecular flexibility index (Phi) is 4.07. The first-order valence-corrected chi connectivity index (χ1v) is 3.80. The quantitative estimate of drug-likeness (QED) is 0.563. The topological polar surface area (TPSA) is 0 Å². The van der Waals surface area contributed by atoms with Gasteiger partial charge in [-0.2, -0.15) is 13.2 Å². The Morgan fingerprint density at radius 3 is 2.08 bits per heavy atom. The molecule has 0 aromatic heterocycles. The Labute approximate surface area is 70.8 Å². The van der Waals surface area contributed by atoms with Gasteiger partial charge in [0.15, 0.2) is 0 Å². The molecule has 0 fully saturated rings. The predicted octanol–water partition coefficient (Wildman–Crippen LogP) is 3.85. The number of hydrogen-bond donors (Lipinski definition) is 0. The second-order valence-electron chi connectivity index (χ2n) is 2.68. The number of alkyl halides is 3. The van der Waals surface area contributed by atoms with Crippen LogP contribution in [0.25, 0.3) is 0 Å². The van der Waals surface area contributed by atoms with E-state index in [4.69, 9.17) is 0 Å². The molecule has 12 heavy (non-hydrogen) atoms. The molecule has 0 unspecified atom stereocenters. The van der Waals surface area contributed by atoms with Crippen molar-refractivity contribution in [2.45, 2.75) is 33.4 Å². The first kappa shape index (κ1) is 11.3. The maximum atomic E-state index is 12.0. The molecule has 0 nitrogen and oxygen atoms in total. The smallest absolute Gasteiger partial charge is 0.166 e. The molecule has 0 aromatic rings. The summed E-state index contributed by atoms with van der Waals surface area (Å²) in [4.78, 5) is 0. The van der Waals surface area contributed by atoms with Crippen LogP contribution in [0.4, 0.5) is 13.2 Å². The molecule has 0 aromatic carbocycles. The van der Waals surface area contributed by atoms with E-state index in [0.29, 0.717) is 5.57 Å². The second-order valence-corrected chi connectivity index (χ2v) is 2.68. The minimum atomic E-state index is -4.19. The number of hydrogen-bond acceptors (Lipinski definition) is 0. The first-order chi connectivity index (χ1) is 5.38. The summed E-state index contributed by atoms with van der Waals surface area (Å²) in [6, 6.07) is 0. The maximum absolute atomic E-state index is 12.0. The van der Waals surface area contributed by atoms with Crippen LogP contribution in [0.3, 0.4) is 0 Å². The third-order valence-electron chi connectivity index (χ3n) is 1.42. The van der Waals surface area contributed by atoms with Crippen molar-refractivity contribution in [2.75, 3.05) is 0 Å². The van der Waals surface area contributed by atoms with Crippen molar-refractivity contribution in [3.8, 4) is 0 Å². The molecule has 0 aliphatic heterocycles. The van der Waals surface area contributed by atoms with Crippen LogP contribution in [0.5, 0.6) is 0 Å². The highest BCUT2D eigenvalue weighted by molar-refractivity contribution is 5.22. The van der Waals surface area contributed by atoms with E-state index >= 15 is 0 Å². The molecule has 0 atom stereocenters. The van der Waals surface area contributed by atoms with Crippen molar-refractivity contribution < 1.29 is 13.2 Å². The highest BCUT2D eigenvalue weighted by Gasteiger charge is 2.29. The van der Waals surface area contributed by atoms with Crippen LogP contribution in [0.15, 0.2) is 23.3 Å². The Morgan fingerprint density at radius 1 is 1.25 bits per heavy atom. The van der Waals surface area contributed by atoms with E-state index in [2.05, 4.69) is 0 Å². The average molecular weight is 178 g/mol. The fraction of sp³-hybridized carbons (Fsp3) is 0.556. The molecule has 0 saturated heterocycles. The van der Waals surface area contributed by atoms with E-state index in [1.807, 2.05) is 6.92 Å². The molecule has 3 heteroatoms. The maximum Gasteiger partial charge on any atom is 0.412 e. The van der Waals surface area contributed by atoms with Crippen LogP contribution in [-0.4, -0.2) is 6.18 Å². The van der Waals surface area contributed by atoms with E-state index in [1.165, 1.54) is 0 Å². The van der Waals surface area contributed by atoms with Gasteiger partial charge in [-0.3, -0.25) is 0 Å². The van der Waals surface area contributed by atoms with Crippen molar-refractivity contribution in [3.63, 3.8) is 0 Å². The standard InChI is InChI=1S/C9H13F3/c1-4-5-7(2)6-8(3)9(10,11)12/h5-6H,4H2,1-3H3/b7-5-,8-6+. The van der Waals surface area contributed by atoms with E-state index in [9.17, 15) is 13.2 Å². The molecule has 0 amide bonds. The second kappa shape index (κ2) is 4.33. The summed E-state index contributed by atoms with van der Waals surface area (Å²) in [6.07, 6.45) is -0.519. The summed E-state index contributed by atoms with van der Waals surface area (Å²) in [5.74, 6) is 0. The Balaban J connectivity index is 4.47. The lowest BCUT2D eigenvalue weighted by molar-refractivity contribution is -0.0913. The van der Waals surface area contributed by atoms with Gasteiger partial charge in [0, 0.05) is 5.57 Å². The van der Waals surface area contributed by atoms with Crippen LogP contribution >= 0.6 is 0 Å². The molecule has 0 bridgehead atoms. The largest absolute Gasteiger partial charge is 0.412 e. The van der Waals surface area contributed by atoms with Gasteiger partial charge in [-0.25, -0.2) is 0 Å². The Morgan fingerprint density at radius 2 is 1.75 bits per heavy atom.